The Balaban J connectivity index is 2.27. The maximum absolute atomic E-state index is 11.7. The number of rotatable bonds is 3. The average molecular weight is 229 g/mol. The number of fused-ring (bicyclic) bond motifs is 1. The first-order chi connectivity index (χ1) is 8.16. The molecule has 0 bridgehead atoms. The minimum atomic E-state index is -0.0341. The van der Waals surface area contributed by atoms with Gasteiger partial charge in [-0.05, 0) is 14.1 Å². The van der Waals surface area contributed by atoms with E-state index in [1.807, 2.05) is 43.3 Å². The summed E-state index contributed by atoms with van der Waals surface area (Å²) in [5.74, 6) is -0.0341. The van der Waals surface area contributed by atoms with E-state index in [4.69, 9.17) is 0 Å². The third kappa shape index (κ3) is 2.79. The summed E-state index contributed by atoms with van der Waals surface area (Å²) in [4.78, 5) is 17.6. The van der Waals surface area contributed by atoms with Gasteiger partial charge in [-0.25, -0.2) is 0 Å². The van der Waals surface area contributed by atoms with Gasteiger partial charge in [0, 0.05) is 17.0 Å². The van der Waals surface area contributed by atoms with Gasteiger partial charge in [-0.15, -0.1) is 0 Å². The molecule has 4 heteroatoms. The van der Waals surface area contributed by atoms with Crippen molar-refractivity contribution in [1.82, 2.24) is 9.88 Å². The van der Waals surface area contributed by atoms with Gasteiger partial charge in [0.05, 0.1) is 18.4 Å². The van der Waals surface area contributed by atoms with Crippen LogP contribution in [-0.2, 0) is 4.79 Å². The highest BCUT2D eigenvalue weighted by atomic mass is 16.2. The zero-order valence-corrected chi connectivity index (χ0v) is 9.97. The number of nitrogens with zero attached hydrogens (tertiary/aromatic N) is 2. The zero-order valence-electron chi connectivity index (χ0n) is 9.97. The molecule has 0 atom stereocenters. The van der Waals surface area contributed by atoms with E-state index in [1.165, 1.54) is 0 Å². The smallest absolute Gasteiger partial charge is 0.238 e. The molecule has 0 fully saturated rings. The van der Waals surface area contributed by atoms with Crippen LogP contribution in [0.5, 0.6) is 0 Å². The van der Waals surface area contributed by atoms with Crippen LogP contribution in [0.3, 0.4) is 0 Å². The Labute approximate surface area is 100 Å². The summed E-state index contributed by atoms with van der Waals surface area (Å²) in [5, 5.41) is 4.91. The highest BCUT2D eigenvalue weighted by Crippen LogP contribution is 2.21. The fraction of sp³-hybridized carbons (Fsp3) is 0.231. The molecule has 0 aliphatic heterocycles. The van der Waals surface area contributed by atoms with E-state index in [0.29, 0.717) is 6.54 Å². The van der Waals surface area contributed by atoms with Crippen LogP contribution in [0.25, 0.3) is 10.8 Å². The molecule has 0 radical (unpaired) electrons. The maximum Gasteiger partial charge on any atom is 0.238 e. The quantitative estimate of drug-likeness (QED) is 0.871. The Hall–Kier alpha value is -1.94. The van der Waals surface area contributed by atoms with Gasteiger partial charge in [-0.3, -0.25) is 9.78 Å². The van der Waals surface area contributed by atoms with Crippen LogP contribution >= 0.6 is 0 Å². The van der Waals surface area contributed by atoms with Crippen LogP contribution in [0.15, 0.2) is 36.7 Å². The summed E-state index contributed by atoms with van der Waals surface area (Å²) in [6.07, 6.45) is 3.47. The number of hydrogen-bond acceptors (Lipinski definition) is 3. The molecule has 1 aromatic carbocycles. The van der Waals surface area contributed by atoms with Gasteiger partial charge in [-0.2, -0.15) is 0 Å². The van der Waals surface area contributed by atoms with Gasteiger partial charge in [0.25, 0.3) is 0 Å². The molecule has 0 unspecified atom stereocenters. The lowest BCUT2D eigenvalue weighted by Gasteiger charge is -2.11. The van der Waals surface area contributed by atoms with Gasteiger partial charge in [0.2, 0.25) is 5.91 Å². The van der Waals surface area contributed by atoms with Crippen molar-refractivity contribution in [3.8, 4) is 0 Å². The Morgan fingerprint density at radius 1 is 1.29 bits per heavy atom. The Kier molecular flexibility index (Phi) is 3.35. The minimum Gasteiger partial charge on any atom is -0.323 e. The summed E-state index contributed by atoms with van der Waals surface area (Å²) >= 11 is 0. The van der Waals surface area contributed by atoms with Gasteiger partial charge in [-0.1, -0.05) is 24.3 Å². The van der Waals surface area contributed by atoms with Gasteiger partial charge < -0.3 is 10.2 Å². The van der Waals surface area contributed by atoms with Gasteiger partial charge >= 0.3 is 0 Å². The number of carbonyl (C=O) groups excluding carboxylic acids is 1. The van der Waals surface area contributed by atoms with E-state index in [0.717, 1.165) is 16.5 Å². The van der Waals surface area contributed by atoms with Crippen molar-refractivity contribution in [2.75, 3.05) is 26.0 Å². The zero-order chi connectivity index (χ0) is 12.3. The van der Waals surface area contributed by atoms with E-state index >= 15 is 0 Å². The van der Waals surface area contributed by atoms with Crippen LogP contribution in [-0.4, -0.2) is 36.4 Å². The molecule has 2 aromatic rings. The van der Waals surface area contributed by atoms with Crippen molar-refractivity contribution in [2.24, 2.45) is 0 Å². The molecular formula is C13H15N3O. The van der Waals surface area contributed by atoms with Crippen LogP contribution in [0.1, 0.15) is 0 Å². The lowest BCUT2D eigenvalue weighted by atomic mass is 10.1. The van der Waals surface area contributed by atoms with Crippen LogP contribution in [0.4, 0.5) is 5.69 Å². The number of pyridine rings is 1. The van der Waals surface area contributed by atoms with Crippen molar-refractivity contribution >= 4 is 22.4 Å². The molecule has 0 aliphatic rings. The SMILES string of the molecule is CN(C)CC(=O)Nc1cncc2ccccc12. The van der Waals surface area contributed by atoms with Gasteiger partial charge in [0.15, 0.2) is 0 Å². The third-order valence-corrected chi connectivity index (χ3v) is 2.40. The van der Waals surface area contributed by atoms with E-state index in [9.17, 15) is 4.79 Å². The molecule has 0 saturated carbocycles. The average Bonchev–Trinajstić information content (AvgIpc) is 2.28. The van der Waals surface area contributed by atoms with Crippen LogP contribution in [0, 0.1) is 0 Å². The molecule has 0 saturated heterocycles. The number of anilines is 1. The van der Waals surface area contributed by atoms with E-state index < -0.39 is 0 Å². The number of likely N-dealkylation sites (N-methyl/N-ethyl adjacent to an activating group) is 1. The molecule has 1 amide bonds. The minimum absolute atomic E-state index is 0.0341. The maximum atomic E-state index is 11.7. The summed E-state index contributed by atoms with van der Waals surface area (Å²) < 4.78 is 0. The third-order valence-electron chi connectivity index (χ3n) is 2.40. The summed E-state index contributed by atoms with van der Waals surface area (Å²) in [7, 11) is 3.72. The second-order valence-electron chi connectivity index (χ2n) is 4.19. The number of nitrogens with one attached hydrogen (secondary N) is 1. The normalized spacial score (nSPS) is 10.8. The standard InChI is InChI=1S/C13H15N3O/c1-16(2)9-13(17)15-12-8-14-7-10-5-3-4-6-11(10)12/h3-8H,9H2,1-2H3,(H,15,17). The van der Waals surface area contributed by atoms with Crippen molar-refractivity contribution in [3.05, 3.63) is 36.7 Å². The van der Waals surface area contributed by atoms with Crippen molar-refractivity contribution in [2.45, 2.75) is 0 Å². The summed E-state index contributed by atoms with van der Waals surface area (Å²) in [6.45, 7) is 0.364. The number of aromatic nitrogens is 1. The molecule has 1 heterocycles. The van der Waals surface area contributed by atoms with Crippen LogP contribution < -0.4 is 5.32 Å². The summed E-state index contributed by atoms with van der Waals surface area (Å²) in [6, 6.07) is 7.85. The second kappa shape index (κ2) is 4.93. The van der Waals surface area contributed by atoms with E-state index in [2.05, 4.69) is 10.3 Å². The largest absolute Gasteiger partial charge is 0.323 e. The van der Waals surface area contributed by atoms with Crippen molar-refractivity contribution in [3.63, 3.8) is 0 Å². The number of hydrogen-bond donors (Lipinski definition) is 1. The molecule has 17 heavy (non-hydrogen) atoms. The first-order valence-electron chi connectivity index (χ1n) is 5.44. The predicted octanol–water partition coefficient (Wildman–Crippen LogP) is 1.73. The fourth-order valence-corrected chi connectivity index (χ4v) is 1.69. The molecule has 2 rings (SSSR count). The number of benzene rings is 1. The monoisotopic (exact) mass is 229 g/mol. The highest BCUT2D eigenvalue weighted by Gasteiger charge is 2.06. The van der Waals surface area contributed by atoms with Gasteiger partial charge in [0.1, 0.15) is 0 Å². The molecule has 4 nitrogen and oxygen atoms in total. The first-order valence-corrected chi connectivity index (χ1v) is 5.44. The molecule has 0 spiro atoms. The first kappa shape index (κ1) is 11.5. The summed E-state index contributed by atoms with van der Waals surface area (Å²) in [5.41, 5.74) is 0.759. The molecule has 1 aromatic heterocycles. The van der Waals surface area contributed by atoms with E-state index in [-0.39, 0.29) is 5.91 Å². The topological polar surface area (TPSA) is 45.2 Å². The Morgan fingerprint density at radius 2 is 2.06 bits per heavy atom. The van der Waals surface area contributed by atoms with E-state index in [1.54, 1.807) is 12.4 Å². The van der Waals surface area contributed by atoms with Crippen LogP contribution in [0.2, 0.25) is 0 Å². The fourth-order valence-electron chi connectivity index (χ4n) is 1.69. The van der Waals surface area contributed by atoms with Crippen molar-refractivity contribution < 1.29 is 4.79 Å². The Bertz CT molecular complexity index is 532. The predicted molar refractivity (Wildman–Crippen MR) is 68.9 cm³/mol. The lowest BCUT2D eigenvalue weighted by Crippen LogP contribution is -2.27. The number of carbonyl (C=O) groups is 1. The Morgan fingerprint density at radius 3 is 2.82 bits per heavy atom. The molecular weight excluding hydrogens is 214 g/mol. The number of amides is 1. The molecule has 1 N–H and O–H groups in total. The lowest BCUT2D eigenvalue weighted by molar-refractivity contribution is -0.116. The molecule has 88 valence electrons. The second-order valence-corrected chi connectivity index (χ2v) is 4.19. The highest BCUT2D eigenvalue weighted by molar-refractivity contribution is 6.02. The van der Waals surface area contributed by atoms with Crippen molar-refractivity contribution in [1.29, 1.82) is 0 Å². The molecule has 0 aliphatic carbocycles.